The maximum atomic E-state index is 11.9. The molecule has 0 unspecified atom stereocenters. The molecule has 1 heterocycles. The highest BCUT2D eigenvalue weighted by Crippen LogP contribution is 2.28. The molecule has 0 aliphatic rings. The summed E-state index contributed by atoms with van der Waals surface area (Å²) in [4.78, 5) is 35.6. The van der Waals surface area contributed by atoms with Crippen molar-refractivity contribution >= 4 is 52.3 Å². The zero-order valence-electron chi connectivity index (χ0n) is 13.0. The second kappa shape index (κ2) is 8.84. The first-order valence-electron chi connectivity index (χ1n) is 7.03. The van der Waals surface area contributed by atoms with Crippen molar-refractivity contribution in [1.29, 1.82) is 0 Å². The van der Waals surface area contributed by atoms with E-state index >= 15 is 0 Å². The van der Waals surface area contributed by atoms with Gasteiger partial charge in [0.1, 0.15) is 5.75 Å². The quantitative estimate of drug-likeness (QED) is 0.750. The van der Waals surface area contributed by atoms with Crippen LogP contribution in [0.4, 0.5) is 0 Å². The Balaban J connectivity index is 1.80. The van der Waals surface area contributed by atoms with Crippen LogP contribution in [0.2, 0.25) is 10.0 Å². The van der Waals surface area contributed by atoms with Crippen LogP contribution in [0.5, 0.6) is 5.75 Å². The Bertz CT molecular complexity index is 779. The van der Waals surface area contributed by atoms with Gasteiger partial charge < -0.3 is 9.47 Å². The van der Waals surface area contributed by atoms with E-state index in [9.17, 15) is 14.4 Å². The molecule has 0 bridgehead atoms. The predicted octanol–water partition coefficient (Wildman–Crippen LogP) is 3.32. The van der Waals surface area contributed by atoms with Crippen LogP contribution in [0, 0.1) is 0 Å². The van der Waals surface area contributed by atoms with Crippen molar-refractivity contribution in [1.82, 2.24) is 5.32 Å². The van der Waals surface area contributed by atoms with Crippen LogP contribution in [-0.2, 0) is 14.3 Å². The van der Waals surface area contributed by atoms with E-state index < -0.39 is 30.5 Å². The fraction of sp³-hybridized carbons (Fsp3) is 0.188. The highest BCUT2D eigenvalue weighted by atomic mass is 35.5. The zero-order valence-corrected chi connectivity index (χ0v) is 15.3. The van der Waals surface area contributed by atoms with Gasteiger partial charge in [0.05, 0.1) is 9.90 Å². The van der Waals surface area contributed by atoms with E-state index in [1.165, 1.54) is 30.4 Å². The second-order valence-electron chi connectivity index (χ2n) is 4.80. The van der Waals surface area contributed by atoms with Crippen LogP contribution < -0.4 is 10.1 Å². The summed E-state index contributed by atoms with van der Waals surface area (Å²) >= 11 is 12.9. The highest BCUT2D eigenvalue weighted by molar-refractivity contribution is 7.12. The summed E-state index contributed by atoms with van der Waals surface area (Å²) in [6.45, 7) is 0.847. The number of amides is 2. The number of imide groups is 1. The SMILES string of the molecule is C[C@@H](Oc1ccc(Cl)cc1Cl)C(=O)OCC(=O)NC(=O)c1cccs1. The Hall–Kier alpha value is -2.09. The largest absolute Gasteiger partial charge is 0.477 e. The summed E-state index contributed by atoms with van der Waals surface area (Å²) in [6, 6.07) is 7.81. The predicted molar refractivity (Wildman–Crippen MR) is 94.3 cm³/mol. The summed E-state index contributed by atoms with van der Waals surface area (Å²) in [5.41, 5.74) is 0. The number of benzene rings is 1. The number of hydrogen-bond donors (Lipinski definition) is 1. The minimum atomic E-state index is -1.00. The highest BCUT2D eigenvalue weighted by Gasteiger charge is 2.20. The van der Waals surface area contributed by atoms with Crippen LogP contribution in [0.25, 0.3) is 0 Å². The number of nitrogens with one attached hydrogen (secondary N) is 1. The van der Waals surface area contributed by atoms with Crippen LogP contribution in [0.1, 0.15) is 16.6 Å². The van der Waals surface area contributed by atoms with Crippen molar-refractivity contribution in [3.05, 3.63) is 50.6 Å². The summed E-state index contributed by atoms with van der Waals surface area (Å²) in [6.07, 6.45) is -1.00. The zero-order chi connectivity index (χ0) is 18.4. The molecule has 9 heteroatoms. The molecule has 1 N–H and O–H groups in total. The summed E-state index contributed by atoms with van der Waals surface area (Å²) in [5.74, 6) is -1.80. The molecular formula is C16H13Cl2NO5S. The minimum Gasteiger partial charge on any atom is -0.477 e. The van der Waals surface area contributed by atoms with Gasteiger partial charge in [-0.2, -0.15) is 0 Å². The maximum Gasteiger partial charge on any atom is 0.347 e. The number of halogens is 2. The number of esters is 1. The number of carbonyl (C=O) groups is 3. The third-order valence-corrected chi connectivity index (χ3v) is 4.27. The lowest BCUT2D eigenvalue weighted by Crippen LogP contribution is -2.35. The first-order chi connectivity index (χ1) is 11.9. The number of carbonyl (C=O) groups excluding carboxylic acids is 3. The lowest BCUT2D eigenvalue weighted by Gasteiger charge is -2.14. The molecule has 2 rings (SSSR count). The standard InChI is InChI=1S/C16H13Cl2NO5S/c1-9(24-12-5-4-10(17)7-11(12)18)16(22)23-8-14(20)19-15(21)13-3-2-6-25-13/h2-7,9H,8H2,1H3,(H,19,20,21)/t9-/m1/s1. The summed E-state index contributed by atoms with van der Waals surface area (Å²) in [5, 5.41) is 4.50. The van der Waals surface area contributed by atoms with E-state index in [1.807, 2.05) is 0 Å². The van der Waals surface area contributed by atoms with Crippen molar-refractivity contribution in [2.24, 2.45) is 0 Å². The van der Waals surface area contributed by atoms with Gasteiger partial charge in [-0.05, 0) is 36.6 Å². The molecule has 0 fully saturated rings. The van der Waals surface area contributed by atoms with Crippen molar-refractivity contribution in [3.8, 4) is 5.75 Å². The van der Waals surface area contributed by atoms with E-state index in [2.05, 4.69) is 5.32 Å². The van der Waals surface area contributed by atoms with Gasteiger partial charge in [-0.3, -0.25) is 14.9 Å². The summed E-state index contributed by atoms with van der Waals surface area (Å²) < 4.78 is 10.2. The molecular weight excluding hydrogens is 389 g/mol. The van der Waals surface area contributed by atoms with Gasteiger partial charge in [0.2, 0.25) is 0 Å². The monoisotopic (exact) mass is 401 g/mol. The molecule has 132 valence electrons. The first kappa shape index (κ1) is 19.2. The molecule has 1 aromatic heterocycles. The third kappa shape index (κ3) is 5.74. The number of thiophene rings is 1. The number of rotatable bonds is 6. The van der Waals surface area contributed by atoms with Crippen LogP contribution >= 0.6 is 34.5 Å². The van der Waals surface area contributed by atoms with Crippen molar-refractivity contribution < 1.29 is 23.9 Å². The molecule has 25 heavy (non-hydrogen) atoms. The van der Waals surface area contributed by atoms with E-state index in [1.54, 1.807) is 23.6 Å². The van der Waals surface area contributed by atoms with Crippen LogP contribution in [-0.4, -0.2) is 30.5 Å². The fourth-order valence-electron chi connectivity index (χ4n) is 1.70. The van der Waals surface area contributed by atoms with E-state index in [0.717, 1.165) is 0 Å². The molecule has 0 spiro atoms. The average molecular weight is 402 g/mol. The Morgan fingerprint density at radius 3 is 2.64 bits per heavy atom. The van der Waals surface area contributed by atoms with E-state index in [4.69, 9.17) is 32.7 Å². The Kier molecular flexibility index (Phi) is 6.81. The molecule has 6 nitrogen and oxygen atoms in total. The minimum absolute atomic E-state index is 0.242. The normalized spacial score (nSPS) is 11.5. The van der Waals surface area contributed by atoms with Crippen molar-refractivity contribution in [2.75, 3.05) is 6.61 Å². The van der Waals surface area contributed by atoms with Gasteiger partial charge in [0.25, 0.3) is 11.8 Å². The van der Waals surface area contributed by atoms with Crippen molar-refractivity contribution in [2.45, 2.75) is 13.0 Å². The average Bonchev–Trinajstić information content (AvgIpc) is 3.09. The lowest BCUT2D eigenvalue weighted by atomic mass is 10.3. The first-order valence-corrected chi connectivity index (χ1v) is 8.66. The van der Waals surface area contributed by atoms with Crippen molar-refractivity contribution in [3.63, 3.8) is 0 Å². The molecule has 0 aliphatic heterocycles. The molecule has 2 amide bonds. The van der Waals surface area contributed by atoms with E-state index in [-0.39, 0.29) is 10.8 Å². The van der Waals surface area contributed by atoms with Gasteiger partial charge in [-0.15, -0.1) is 11.3 Å². The van der Waals surface area contributed by atoms with Crippen LogP contribution in [0.3, 0.4) is 0 Å². The Morgan fingerprint density at radius 1 is 1.24 bits per heavy atom. The second-order valence-corrected chi connectivity index (χ2v) is 6.59. The smallest absolute Gasteiger partial charge is 0.347 e. The molecule has 2 aromatic rings. The topological polar surface area (TPSA) is 81.7 Å². The van der Waals surface area contributed by atoms with E-state index in [0.29, 0.717) is 9.90 Å². The van der Waals surface area contributed by atoms with Crippen LogP contribution in [0.15, 0.2) is 35.7 Å². The lowest BCUT2D eigenvalue weighted by molar-refractivity contribution is -0.154. The molecule has 0 saturated heterocycles. The summed E-state index contributed by atoms with van der Waals surface area (Å²) in [7, 11) is 0. The Morgan fingerprint density at radius 2 is 2.00 bits per heavy atom. The number of ether oxygens (including phenoxy) is 2. The maximum absolute atomic E-state index is 11.9. The molecule has 1 aromatic carbocycles. The van der Waals surface area contributed by atoms with Gasteiger partial charge in [0.15, 0.2) is 12.7 Å². The van der Waals surface area contributed by atoms with Gasteiger partial charge in [0, 0.05) is 5.02 Å². The molecule has 0 saturated carbocycles. The van der Waals surface area contributed by atoms with Gasteiger partial charge >= 0.3 is 5.97 Å². The third-order valence-electron chi connectivity index (χ3n) is 2.87. The fourth-order valence-corrected chi connectivity index (χ4v) is 2.77. The molecule has 0 radical (unpaired) electrons. The molecule has 1 atom stereocenters. The molecule has 0 aliphatic carbocycles. The Labute approximate surface area is 157 Å². The van der Waals surface area contributed by atoms with Gasteiger partial charge in [-0.25, -0.2) is 4.79 Å². The number of hydrogen-bond acceptors (Lipinski definition) is 6. The van der Waals surface area contributed by atoms with Gasteiger partial charge in [-0.1, -0.05) is 29.3 Å².